The number of hydrogen-bond acceptors (Lipinski definition) is 4. The predicted octanol–water partition coefficient (Wildman–Crippen LogP) is 3.72. The number of fused-ring (bicyclic) bond motifs is 1. The first kappa shape index (κ1) is 19.6. The van der Waals surface area contributed by atoms with E-state index in [0.717, 1.165) is 17.7 Å². The molecule has 0 fully saturated rings. The van der Waals surface area contributed by atoms with E-state index in [1.54, 1.807) is 12.1 Å². The summed E-state index contributed by atoms with van der Waals surface area (Å²) in [6.45, 7) is 0.391. The maximum atomic E-state index is 12.6. The Morgan fingerprint density at radius 1 is 1.41 bits per heavy atom. The maximum absolute atomic E-state index is 12.6. The maximum Gasteiger partial charge on any atom is 0.326 e. The second-order valence-corrected chi connectivity index (χ2v) is 7.87. The van der Waals surface area contributed by atoms with Gasteiger partial charge >= 0.3 is 5.97 Å². The van der Waals surface area contributed by atoms with E-state index in [2.05, 4.69) is 26.6 Å². The number of rotatable bonds is 6. The Morgan fingerprint density at radius 3 is 2.85 bits per heavy atom. The summed E-state index contributed by atoms with van der Waals surface area (Å²) < 4.78 is 0.686. The van der Waals surface area contributed by atoms with Crippen molar-refractivity contribution in [1.82, 2.24) is 5.32 Å². The molecule has 3 rings (SSSR count). The van der Waals surface area contributed by atoms with Crippen LogP contribution < -0.4 is 10.6 Å². The summed E-state index contributed by atoms with van der Waals surface area (Å²) in [5, 5.41) is 23.9. The van der Waals surface area contributed by atoms with Crippen LogP contribution in [-0.2, 0) is 9.59 Å². The molecule has 8 heteroatoms. The monoisotopic (exact) mass is 451 g/mol. The minimum atomic E-state index is -1.10. The van der Waals surface area contributed by atoms with Gasteiger partial charge in [0, 0.05) is 16.7 Å². The minimum Gasteiger partial charge on any atom is -0.480 e. The molecule has 1 aliphatic carbocycles. The average molecular weight is 453 g/mol. The number of carbonyl (C=O) groups is 2. The highest BCUT2D eigenvalue weighted by molar-refractivity contribution is 9.10. The molecule has 1 aliphatic heterocycles. The molecule has 0 radical (unpaired) electrons. The highest BCUT2D eigenvalue weighted by Crippen LogP contribution is 2.38. The summed E-state index contributed by atoms with van der Waals surface area (Å²) in [6.07, 6.45) is 8.72. The average Bonchev–Trinajstić information content (AvgIpc) is 3.04. The Balaban J connectivity index is 1.69. The van der Waals surface area contributed by atoms with Gasteiger partial charge in [0.25, 0.3) is 5.91 Å². The summed E-state index contributed by atoms with van der Waals surface area (Å²) in [4.78, 5) is 24.1. The molecule has 3 atom stereocenters. The molecule has 4 N–H and O–H groups in total. The first-order valence-electron chi connectivity index (χ1n) is 8.55. The van der Waals surface area contributed by atoms with Gasteiger partial charge in [-0.1, -0.05) is 35.9 Å². The van der Waals surface area contributed by atoms with Crippen LogP contribution in [0, 0.1) is 11.3 Å². The first-order chi connectivity index (χ1) is 12.9. The smallest absolute Gasteiger partial charge is 0.326 e. The lowest BCUT2D eigenvalue weighted by Crippen LogP contribution is -2.46. The van der Waals surface area contributed by atoms with Gasteiger partial charge in [-0.15, -0.1) is 0 Å². The lowest BCUT2D eigenvalue weighted by Gasteiger charge is -2.21. The van der Waals surface area contributed by atoms with Gasteiger partial charge in [0.15, 0.2) is 0 Å². The molecule has 2 aliphatic rings. The van der Waals surface area contributed by atoms with E-state index in [-0.39, 0.29) is 18.1 Å². The van der Waals surface area contributed by atoms with Crippen LogP contribution in [-0.4, -0.2) is 35.3 Å². The van der Waals surface area contributed by atoms with Crippen molar-refractivity contribution < 1.29 is 14.7 Å². The molecule has 1 aromatic rings. The second kappa shape index (κ2) is 8.27. The van der Waals surface area contributed by atoms with Gasteiger partial charge in [-0.3, -0.25) is 10.2 Å². The van der Waals surface area contributed by atoms with Gasteiger partial charge in [0.2, 0.25) is 0 Å². The Hall–Kier alpha value is -2.12. The van der Waals surface area contributed by atoms with Crippen LogP contribution in [0.25, 0.3) is 0 Å². The van der Waals surface area contributed by atoms with Crippen LogP contribution in [0.15, 0.2) is 40.9 Å². The number of nitrogens with one attached hydrogen (secondary N) is 3. The molecule has 1 amide bonds. The normalized spacial score (nSPS) is 21.3. The predicted molar refractivity (Wildman–Crippen MR) is 109 cm³/mol. The van der Waals surface area contributed by atoms with Crippen LogP contribution in [0.4, 0.5) is 5.69 Å². The molecular formula is C19H19BrClN3O3. The lowest BCUT2D eigenvalue weighted by molar-refractivity contribution is -0.141. The van der Waals surface area contributed by atoms with Crippen molar-refractivity contribution in [2.75, 3.05) is 11.9 Å². The molecular weight excluding hydrogens is 434 g/mol. The quantitative estimate of drug-likeness (QED) is 0.494. The van der Waals surface area contributed by atoms with Crippen molar-refractivity contribution in [3.63, 3.8) is 0 Å². The number of hydrogen-bond donors (Lipinski definition) is 4. The molecule has 0 spiro atoms. The highest BCUT2D eigenvalue weighted by Gasteiger charge is 2.32. The molecule has 0 saturated carbocycles. The van der Waals surface area contributed by atoms with E-state index in [1.807, 2.05) is 24.3 Å². The fraction of sp³-hybridized carbons (Fsp3) is 0.316. The van der Waals surface area contributed by atoms with Gasteiger partial charge in [-0.2, -0.15) is 0 Å². The zero-order valence-electron chi connectivity index (χ0n) is 14.3. The summed E-state index contributed by atoms with van der Waals surface area (Å²) in [6, 6.07) is 2.50. The van der Waals surface area contributed by atoms with Crippen LogP contribution in [0.3, 0.4) is 0 Å². The fourth-order valence-corrected chi connectivity index (χ4v) is 3.83. The first-order valence-corrected chi connectivity index (χ1v) is 9.72. The molecule has 0 bridgehead atoms. The summed E-state index contributed by atoms with van der Waals surface area (Å²) in [5.41, 5.74) is 1.40. The fourth-order valence-electron chi connectivity index (χ4n) is 3.31. The van der Waals surface area contributed by atoms with E-state index in [4.69, 9.17) is 17.0 Å². The van der Waals surface area contributed by atoms with E-state index >= 15 is 0 Å². The summed E-state index contributed by atoms with van der Waals surface area (Å²) in [5.74, 6) is -2.17. The molecule has 0 saturated heterocycles. The molecule has 6 nitrogen and oxygen atoms in total. The Labute approximate surface area is 170 Å². The van der Waals surface area contributed by atoms with Gasteiger partial charge < -0.3 is 15.7 Å². The van der Waals surface area contributed by atoms with Crippen molar-refractivity contribution in [2.45, 2.75) is 24.8 Å². The number of carboxylic acids is 1. The molecule has 1 heterocycles. The van der Waals surface area contributed by atoms with Crippen LogP contribution in [0.1, 0.15) is 24.3 Å². The number of amides is 1. The molecule has 3 unspecified atom stereocenters. The number of benzene rings is 1. The van der Waals surface area contributed by atoms with E-state index in [0.29, 0.717) is 16.0 Å². The van der Waals surface area contributed by atoms with Gasteiger partial charge in [-0.05, 0) is 52.4 Å². The number of aliphatic carboxylic acids is 1. The van der Waals surface area contributed by atoms with Crippen molar-refractivity contribution in [1.29, 1.82) is 5.41 Å². The Bertz CT molecular complexity index is 853. The van der Waals surface area contributed by atoms with E-state index in [9.17, 15) is 14.7 Å². The third kappa shape index (κ3) is 4.42. The summed E-state index contributed by atoms with van der Waals surface area (Å²) >= 11 is 9.44. The standard InChI is InChI=1S/C19H19BrClN3O3/c20-13-7-11-12(9-23-15(11)8-14(13)21)17(22)18(25)24-16(19(26)27)6-10-4-2-1-3-5-10/h1-4,7-8,10,12,16,22-23H,5-6,9H2,(H,24,25)(H,26,27). The Kier molecular flexibility index (Phi) is 6.01. The van der Waals surface area contributed by atoms with Crippen molar-refractivity contribution in [3.8, 4) is 0 Å². The third-order valence-corrected chi connectivity index (χ3v) is 5.97. The van der Waals surface area contributed by atoms with Crippen molar-refractivity contribution in [3.05, 3.63) is 51.5 Å². The molecule has 142 valence electrons. The zero-order chi connectivity index (χ0) is 19.6. The number of carbonyl (C=O) groups excluding carboxylic acids is 1. The van der Waals surface area contributed by atoms with Crippen LogP contribution in [0.5, 0.6) is 0 Å². The van der Waals surface area contributed by atoms with E-state index in [1.165, 1.54) is 0 Å². The van der Waals surface area contributed by atoms with Crippen LogP contribution in [0.2, 0.25) is 5.02 Å². The molecule has 1 aromatic carbocycles. The number of allylic oxidation sites excluding steroid dienone is 4. The van der Waals surface area contributed by atoms with Crippen molar-refractivity contribution >= 4 is 50.8 Å². The van der Waals surface area contributed by atoms with E-state index < -0.39 is 23.8 Å². The SMILES string of the molecule is N=C(C(=O)NC(CC1C=CC=CC1)C(=O)O)C1CNc2cc(Cl)c(Br)cc21. The molecule has 27 heavy (non-hydrogen) atoms. The summed E-state index contributed by atoms with van der Waals surface area (Å²) in [7, 11) is 0. The third-order valence-electron chi connectivity index (χ3n) is 4.77. The largest absolute Gasteiger partial charge is 0.480 e. The number of halogens is 2. The topological polar surface area (TPSA) is 102 Å². The second-order valence-electron chi connectivity index (χ2n) is 6.61. The zero-order valence-corrected chi connectivity index (χ0v) is 16.7. The minimum absolute atomic E-state index is 0.0533. The Morgan fingerprint density at radius 2 is 2.19 bits per heavy atom. The highest BCUT2D eigenvalue weighted by atomic mass is 79.9. The van der Waals surface area contributed by atoms with Gasteiger partial charge in [0.1, 0.15) is 11.8 Å². The lowest BCUT2D eigenvalue weighted by atomic mass is 9.92. The molecule has 0 aromatic heterocycles. The van der Waals surface area contributed by atoms with Crippen molar-refractivity contribution in [2.24, 2.45) is 5.92 Å². The number of anilines is 1. The van der Waals surface area contributed by atoms with Gasteiger partial charge in [0.05, 0.1) is 10.9 Å². The number of carboxylic acid groups (broad SMARTS) is 1. The van der Waals surface area contributed by atoms with Gasteiger partial charge in [-0.25, -0.2) is 4.79 Å². The van der Waals surface area contributed by atoms with Crippen LogP contribution >= 0.6 is 27.5 Å².